The number of rotatable bonds is 5. The van der Waals surface area contributed by atoms with E-state index in [1.54, 1.807) is 19.3 Å². The van der Waals surface area contributed by atoms with Crippen molar-refractivity contribution < 1.29 is 9.53 Å². The van der Waals surface area contributed by atoms with Gasteiger partial charge >= 0.3 is 5.97 Å². The van der Waals surface area contributed by atoms with Crippen LogP contribution in [-0.4, -0.2) is 17.6 Å². The van der Waals surface area contributed by atoms with E-state index >= 15 is 0 Å². The minimum absolute atomic E-state index is 0.320. The third-order valence-corrected chi connectivity index (χ3v) is 3.71. The lowest BCUT2D eigenvalue weighted by Crippen LogP contribution is -2.42. The molecule has 1 heterocycles. The number of carbonyl (C=O) groups is 1. The molecule has 0 aliphatic rings. The van der Waals surface area contributed by atoms with E-state index in [2.05, 4.69) is 26.2 Å². The fraction of sp³-hybridized carbons (Fsp3) is 0.250. The highest BCUT2D eigenvalue weighted by Gasteiger charge is 2.36. The van der Waals surface area contributed by atoms with Gasteiger partial charge < -0.3 is 10.1 Å². The normalized spacial score (nSPS) is 13.3. The first kappa shape index (κ1) is 15.5. The van der Waals surface area contributed by atoms with Crippen LogP contribution in [0.25, 0.3) is 0 Å². The second kappa shape index (κ2) is 6.72. The van der Waals surface area contributed by atoms with Gasteiger partial charge in [-0.25, -0.2) is 4.79 Å². The fourth-order valence-corrected chi connectivity index (χ4v) is 2.29. The maximum atomic E-state index is 12.4. The van der Waals surface area contributed by atoms with Gasteiger partial charge in [-0.15, -0.1) is 0 Å². The number of hydrogen-bond acceptors (Lipinski definition) is 4. The molecule has 110 valence electrons. The predicted molar refractivity (Wildman–Crippen MR) is 86.0 cm³/mol. The zero-order valence-corrected chi connectivity index (χ0v) is 13.6. The van der Waals surface area contributed by atoms with Crippen molar-refractivity contribution in [3.8, 4) is 0 Å². The van der Waals surface area contributed by atoms with Crippen LogP contribution in [-0.2, 0) is 15.1 Å². The predicted octanol–water partition coefficient (Wildman–Crippen LogP) is 3.73. The molecule has 0 saturated carbocycles. The number of anilines is 1. The van der Waals surface area contributed by atoms with E-state index in [0.29, 0.717) is 6.61 Å². The van der Waals surface area contributed by atoms with Crippen molar-refractivity contribution in [2.75, 3.05) is 11.9 Å². The lowest BCUT2D eigenvalue weighted by Gasteiger charge is -2.30. The molecule has 0 bridgehead atoms. The number of nitrogens with zero attached hydrogens (tertiary/aromatic N) is 1. The number of pyridine rings is 1. The molecule has 2 aromatic rings. The first-order valence-electron chi connectivity index (χ1n) is 6.67. The number of esters is 1. The zero-order valence-electron chi connectivity index (χ0n) is 12.0. The summed E-state index contributed by atoms with van der Waals surface area (Å²) >= 11 is 3.40. The molecule has 1 unspecified atom stereocenters. The molecule has 0 radical (unpaired) electrons. The summed E-state index contributed by atoms with van der Waals surface area (Å²) in [4.78, 5) is 16.4. The van der Waals surface area contributed by atoms with Crippen molar-refractivity contribution in [3.63, 3.8) is 0 Å². The number of nitrogens with one attached hydrogen (secondary N) is 1. The number of hydrogen-bond donors (Lipinski definition) is 1. The molecule has 21 heavy (non-hydrogen) atoms. The van der Waals surface area contributed by atoms with Crippen molar-refractivity contribution in [2.24, 2.45) is 0 Å². The van der Waals surface area contributed by atoms with Gasteiger partial charge in [0.25, 0.3) is 0 Å². The van der Waals surface area contributed by atoms with Crippen molar-refractivity contribution >= 4 is 27.6 Å². The number of carbonyl (C=O) groups excluding carboxylic acids is 1. The standard InChI is InChI=1S/C16H17BrN2O2/c1-3-21-15(20)16(2,12-8-10-18-11-9-12)19-14-6-4-13(17)5-7-14/h4-11,19H,3H2,1-2H3. The maximum Gasteiger partial charge on any atom is 0.336 e. The van der Waals surface area contributed by atoms with E-state index in [9.17, 15) is 4.79 Å². The summed E-state index contributed by atoms with van der Waals surface area (Å²) in [5.41, 5.74) is 0.677. The number of halogens is 1. The van der Waals surface area contributed by atoms with Gasteiger partial charge in [-0.05, 0) is 55.8 Å². The topological polar surface area (TPSA) is 51.2 Å². The first-order chi connectivity index (χ1) is 10.1. The SMILES string of the molecule is CCOC(=O)C(C)(Nc1ccc(Br)cc1)c1ccncc1. The molecule has 2 rings (SSSR count). The summed E-state index contributed by atoms with van der Waals surface area (Å²) in [5.74, 6) is -0.320. The van der Waals surface area contributed by atoms with Crippen molar-refractivity contribution in [1.82, 2.24) is 4.98 Å². The molecule has 0 spiro atoms. The molecule has 5 heteroatoms. The molecule has 0 aliphatic heterocycles. The van der Waals surface area contributed by atoms with E-state index in [1.807, 2.05) is 43.3 Å². The average Bonchev–Trinajstić information content (AvgIpc) is 2.50. The number of benzene rings is 1. The van der Waals surface area contributed by atoms with Crippen LogP contribution in [0.4, 0.5) is 5.69 Å². The van der Waals surface area contributed by atoms with Gasteiger partial charge in [-0.2, -0.15) is 0 Å². The van der Waals surface area contributed by atoms with Crippen LogP contribution < -0.4 is 5.32 Å². The fourth-order valence-electron chi connectivity index (χ4n) is 2.02. The Morgan fingerprint density at radius 3 is 2.43 bits per heavy atom. The Kier molecular flexibility index (Phi) is 4.96. The van der Waals surface area contributed by atoms with Gasteiger partial charge in [0.15, 0.2) is 5.54 Å². The zero-order chi connectivity index (χ0) is 15.3. The van der Waals surface area contributed by atoms with Gasteiger partial charge in [-0.3, -0.25) is 4.98 Å². The Morgan fingerprint density at radius 1 is 1.24 bits per heavy atom. The Morgan fingerprint density at radius 2 is 1.86 bits per heavy atom. The van der Waals surface area contributed by atoms with Gasteiger partial charge in [0.05, 0.1) is 6.61 Å². The van der Waals surface area contributed by atoms with Crippen LogP contribution in [0.1, 0.15) is 19.4 Å². The van der Waals surface area contributed by atoms with Crippen LogP contribution in [0, 0.1) is 0 Å². The third-order valence-electron chi connectivity index (χ3n) is 3.18. The first-order valence-corrected chi connectivity index (χ1v) is 7.47. The Hall–Kier alpha value is -1.88. The van der Waals surface area contributed by atoms with Crippen LogP contribution in [0.2, 0.25) is 0 Å². The molecule has 1 atom stereocenters. The van der Waals surface area contributed by atoms with E-state index in [1.165, 1.54) is 0 Å². The van der Waals surface area contributed by atoms with E-state index < -0.39 is 5.54 Å². The molecule has 1 N–H and O–H groups in total. The van der Waals surface area contributed by atoms with Gasteiger partial charge in [-0.1, -0.05) is 15.9 Å². The summed E-state index contributed by atoms with van der Waals surface area (Å²) in [7, 11) is 0. The second-order valence-corrected chi connectivity index (χ2v) is 5.63. The van der Waals surface area contributed by atoms with E-state index in [-0.39, 0.29) is 5.97 Å². The minimum Gasteiger partial charge on any atom is -0.464 e. The van der Waals surface area contributed by atoms with Gasteiger partial charge in [0, 0.05) is 22.6 Å². The summed E-state index contributed by atoms with van der Waals surface area (Å²) in [5, 5.41) is 3.26. The van der Waals surface area contributed by atoms with Crippen LogP contribution in [0.15, 0.2) is 53.3 Å². The highest BCUT2D eigenvalue weighted by atomic mass is 79.9. The summed E-state index contributed by atoms with van der Waals surface area (Å²) in [6.45, 7) is 3.94. The molecule has 1 aromatic heterocycles. The van der Waals surface area contributed by atoms with Crippen molar-refractivity contribution in [2.45, 2.75) is 19.4 Å². The van der Waals surface area contributed by atoms with Crippen molar-refractivity contribution in [3.05, 3.63) is 58.8 Å². The van der Waals surface area contributed by atoms with Gasteiger partial charge in [0.1, 0.15) is 0 Å². The Bertz CT molecular complexity index is 601. The van der Waals surface area contributed by atoms with Crippen molar-refractivity contribution in [1.29, 1.82) is 0 Å². The molecule has 0 fully saturated rings. The van der Waals surface area contributed by atoms with Crippen LogP contribution in [0.5, 0.6) is 0 Å². The minimum atomic E-state index is -0.965. The quantitative estimate of drug-likeness (QED) is 0.836. The largest absolute Gasteiger partial charge is 0.464 e. The maximum absolute atomic E-state index is 12.4. The summed E-state index contributed by atoms with van der Waals surface area (Å²) in [6.07, 6.45) is 3.33. The summed E-state index contributed by atoms with van der Waals surface area (Å²) in [6, 6.07) is 11.3. The molecule has 0 aliphatic carbocycles. The molecule has 4 nitrogen and oxygen atoms in total. The number of ether oxygens (including phenoxy) is 1. The molecule has 0 saturated heterocycles. The average molecular weight is 349 g/mol. The van der Waals surface area contributed by atoms with Gasteiger partial charge in [0.2, 0.25) is 0 Å². The molecular weight excluding hydrogens is 332 g/mol. The molecular formula is C16H17BrN2O2. The van der Waals surface area contributed by atoms with Crippen LogP contribution in [0.3, 0.4) is 0 Å². The molecule has 1 aromatic carbocycles. The highest BCUT2D eigenvalue weighted by molar-refractivity contribution is 9.10. The second-order valence-electron chi connectivity index (χ2n) is 4.71. The molecule has 0 amide bonds. The highest BCUT2D eigenvalue weighted by Crippen LogP contribution is 2.28. The van der Waals surface area contributed by atoms with E-state index in [0.717, 1.165) is 15.7 Å². The lowest BCUT2D eigenvalue weighted by molar-refractivity contribution is -0.148. The summed E-state index contributed by atoms with van der Waals surface area (Å²) < 4.78 is 6.21. The lowest BCUT2D eigenvalue weighted by atomic mass is 9.92. The number of aromatic nitrogens is 1. The Labute approximate surface area is 132 Å². The smallest absolute Gasteiger partial charge is 0.336 e. The van der Waals surface area contributed by atoms with E-state index in [4.69, 9.17) is 4.74 Å². The third kappa shape index (κ3) is 3.61. The van der Waals surface area contributed by atoms with Crippen LogP contribution >= 0.6 is 15.9 Å². The monoisotopic (exact) mass is 348 g/mol. The Balaban J connectivity index is 2.36.